The molecule has 96 valence electrons. The first kappa shape index (κ1) is 14.6. The number of thiophene rings is 1. The van der Waals surface area contributed by atoms with Crippen LogP contribution in [0, 0.1) is 0 Å². The average molecular weight is 322 g/mol. The molecule has 1 rings (SSSR count). The van der Waals surface area contributed by atoms with Crippen molar-refractivity contribution in [2.75, 3.05) is 20.7 Å². The van der Waals surface area contributed by atoms with E-state index in [-0.39, 0.29) is 12.4 Å². The van der Waals surface area contributed by atoms with Gasteiger partial charge in [0, 0.05) is 27.8 Å². The number of ether oxygens (including phenoxy) is 1. The molecule has 0 amide bonds. The standard InChI is InChI=1S/C11H16BrNO3S/c1-13(5-9(14)4-11(15)16-2)6-10-3-8(12)7-17-10/h3,7,9,14H,4-6H2,1-2H3. The predicted molar refractivity (Wildman–Crippen MR) is 71.0 cm³/mol. The zero-order valence-corrected chi connectivity index (χ0v) is 12.3. The maximum atomic E-state index is 11.0. The number of carbonyl (C=O) groups is 1. The van der Waals surface area contributed by atoms with Crippen LogP contribution in [-0.4, -0.2) is 42.8 Å². The molecule has 1 heterocycles. The van der Waals surface area contributed by atoms with Crippen LogP contribution in [0.25, 0.3) is 0 Å². The molecule has 0 saturated heterocycles. The van der Waals surface area contributed by atoms with Gasteiger partial charge in [-0.2, -0.15) is 0 Å². The third-order valence-corrected chi connectivity index (χ3v) is 3.88. The molecule has 4 nitrogen and oxygen atoms in total. The Morgan fingerprint density at radius 2 is 2.41 bits per heavy atom. The summed E-state index contributed by atoms with van der Waals surface area (Å²) in [4.78, 5) is 14.2. The number of carbonyl (C=O) groups excluding carboxylic acids is 1. The van der Waals surface area contributed by atoms with Gasteiger partial charge in [0.15, 0.2) is 0 Å². The average Bonchev–Trinajstić information content (AvgIpc) is 2.63. The Morgan fingerprint density at radius 1 is 1.71 bits per heavy atom. The van der Waals surface area contributed by atoms with E-state index in [1.54, 1.807) is 11.3 Å². The summed E-state index contributed by atoms with van der Waals surface area (Å²) in [6, 6.07) is 2.05. The number of nitrogens with zero attached hydrogens (tertiary/aromatic N) is 1. The Balaban J connectivity index is 2.33. The second-order valence-corrected chi connectivity index (χ2v) is 5.77. The highest BCUT2D eigenvalue weighted by Crippen LogP contribution is 2.20. The highest BCUT2D eigenvalue weighted by atomic mass is 79.9. The molecule has 1 N–H and O–H groups in total. The molecule has 0 saturated carbocycles. The second kappa shape index (κ2) is 7.10. The van der Waals surface area contributed by atoms with Gasteiger partial charge in [-0.3, -0.25) is 9.69 Å². The van der Waals surface area contributed by atoms with Crippen LogP contribution in [0.4, 0.5) is 0 Å². The number of methoxy groups -OCH3 is 1. The lowest BCUT2D eigenvalue weighted by Gasteiger charge is -2.19. The molecule has 1 aromatic heterocycles. The number of esters is 1. The van der Waals surface area contributed by atoms with Crippen LogP contribution in [-0.2, 0) is 16.1 Å². The Kier molecular flexibility index (Phi) is 6.11. The van der Waals surface area contributed by atoms with E-state index in [9.17, 15) is 9.90 Å². The molecule has 0 bridgehead atoms. The lowest BCUT2D eigenvalue weighted by molar-refractivity contribution is -0.143. The molecule has 1 aromatic rings. The van der Waals surface area contributed by atoms with Crippen molar-refractivity contribution in [2.45, 2.75) is 19.1 Å². The second-order valence-electron chi connectivity index (χ2n) is 3.86. The third-order valence-electron chi connectivity index (χ3n) is 2.20. The summed E-state index contributed by atoms with van der Waals surface area (Å²) in [6.07, 6.45) is -0.648. The highest BCUT2D eigenvalue weighted by Gasteiger charge is 2.13. The number of hydrogen-bond donors (Lipinski definition) is 1. The maximum Gasteiger partial charge on any atom is 0.308 e. The van der Waals surface area contributed by atoms with Crippen molar-refractivity contribution >= 4 is 33.2 Å². The van der Waals surface area contributed by atoms with E-state index >= 15 is 0 Å². The summed E-state index contributed by atoms with van der Waals surface area (Å²) >= 11 is 5.06. The summed E-state index contributed by atoms with van der Waals surface area (Å²) in [7, 11) is 3.23. The molecule has 6 heteroatoms. The lowest BCUT2D eigenvalue weighted by atomic mass is 10.2. The van der Waals surface area contributed by atoms with Crippen LogP contribution >= 0.6 is 27.3 Å². The number of rotatable bonds is 6. The van der Waals surface area contributed by atoms with Crippen molar-refractivity contribution in [1.29, 1.82) is 0 Å². The third kappa shape index (κ3) is 5.63. The van der Waals surface area contributed by atoms with E-state index in [0.717, 1.165) is 11.0 Å². The van der Waals surface area contributed by atoms with Crippen LogP contribution in [0.1, 0.15) is 11.3 Å². The van der Waals surface area contributed by atoms with Crippen molar-refractivity contribution in [3.63, 3.8) is 0 Å². The van der Waals surface area contributed by atoms with E-state index in [1.807, 2.05) is 23.4 Å². The number of aliphatic hydroxyl groups is 1. The molecule has 0 aliphatic carbocycles. The Bertz CT molecular complexity index is 369. The first-order valence-electron chi connectivity index (χ1n) is 5.17. The Hall–Kier alpha value is -0.430. The summed E-state index contributed by atoms with van der Waals surface area (Å²) in [5, 5.41) is 11.7. The van der Waals surface area contributed by atoms with Gasteiger partial charge in [0.2, 0.25) is 0 Å². The molecule has 0 fully saturated rings. The van der Waals surface area contributed by atoms with E-state index in [4.69, 9.17) is 0 Å². The minimum atomic E-state index is -0.684. The van der Waals surface area contributed by atoms with Gasteiger partial charge in [-0.05, 0) is 29.0 Å². The minimum Gasteiger partial charge on any atom is -0.469 e. The number of aliphatic hydroxyl groups excluding tert-OH is 1. The first-order valence-corrected chi connectivity index (χ1v) is 6.85. The fourth-order valence-corrected chi connectivity index (χ4v) is 3.00. The van der Waals surface area contributed by atoms with Crippen molar-refractivity contribution in [1.82, 2.24) is 4.90 Å². The van der Waals surface area contributed by atoms with Crippen LogP contribution in [0.3, 0.4) is 0 Å². The van der Waals surface area contributed by atoms with Gasteiger partial charge in [-0.25, -0.2) is 0 Å². The molecule has 0 aliphatic heterocycles. The fraction of sp³-hybridized carbons (Fsp3) is 0.545. The molecular weight excluding hydrogens is 306 g/mol. The van der Waals surface area contributed by atoms with Crippen LogP contribution in [0.15, 0.2) is 15.9 Å². The molecule has 0 aromatic carbocycles. The summed E-state index contributed by atoms with van der Waals surface area (Å²) < 4.78 is 5.57. The van der Waals surface area contributed by atoms with E-state index in [2.05, 4.69) is 20.7 Å². The zero-order chi connectivity index (χ0) is 12.8. The summed E-state index contributed by atoms with van der Waals surface area (Å²) in [5.41, 5.74) is 0. The predicted octanol–water partition coefficient (Wildman–Crippen LogP) is 1.87. The summed E-state index contributed by atoms with van der Waals surface area (Å²) in [6.45, 7) is 1.21. The fourth-order valence-electron chi connectivity index (χ4n) is 1.47. The quantitative estimate of drug-likeness (QED) is 0.813. The molecular formula is C11H16BrNO3S. The van der Waals surface area contributed by atoms with Gasteiger partial charge >= 0.3 is 5.97 Å². The van der Waals surface area contributed by atoms with Crippen molar-refractivity contribution < 1.29 is 14.6 Å². The smallest absolute Gasteiger partial charge is 0.308 e. The van der Waals surface area contributed by atoms with Crippen LogP contribution < -0.4 is 0 Å². The largest absolute Gasteiger partial charge is 0.469 e. The van der Waals surface area contributed by atoms with Gasteiger partial charge in [0.25, 0.3) is 0 Å². The topological polar surface area (TPSA) is 49.8 Å². The van der Waals surface area contributed by atoms with Crippen molar-refractivity contribution in [2.24, 2.45) is 0 Å². The molecule has 17 heavy (non-hydrogen) atoms. The van der Waals surface area contributed by atoms with Crippen LogP contribution in [0.2, 0.25) is 0 Å². The SMILES string of the molecule is COC(=O)CC(O)CN(C)Cc1cc(Br)cs1. The molecule has 1 atom stereocenters. The van der Waals surface area contributed by atoms with Gasteiger partial charge in [-0.1, -0.05) is 0 Å². The zero-order valence-electron chi connectivity index (χ0n) is 9.85. The van der Waals surface area contributed by atoms with Crippen molar-refractivity contribution in [3.8, 4) is 0 Å². The molecule has 1 unspecified atom stereocenters. The first-order chi connectivity index (χ1) is 8.01. The monoisotopic (exact) mass is 321 g/mol. The minimum absolute atomic E-state index is 0.0367. The molecule has 0 spiro atoms. The van der Waals surface area contributed by atoms with E-state index in [1.165, 1.54) is 12.0 Å². The Morgan fingerprint density at radius 3 is 2.94 bits per heavy atom. The number of likely N-dealkylation sites (N-methyl/N-ethyl adjacent to an activating group) is 1. The van der Waals surface area contributed by atoms with Gasteiger partial charge in [0.1, 0.15) is 0 Å². The number of hydrogen-bond acceptors (Lipinski definition) is 5. The van der Waals surface area contributed by atoms with Crippen molar-refractivity contribution in [3.05, 3.63) is 20.8 Å². The van der Waals surface area contributed by atoms with Gasteiger partial charge < -0.3 is 9.84 Å². The van der Waals surface area contributed by atoms with Gasteiger partial charge in [-0.15, -0.1) is 11.3 Å². The van der Waals surface area contributed by atoms with E-state index < -0.39 is 6.10 Å². The molecule has 0 aliphatic rings. The van der Waals surface area contributed by atoms with Gasteiger partial charge in [0.05, 0.1) is 19.6 Å². The lowest BCUT2D eigenvalue weighted by Crippen LogP contribution is -2.30. The highest BCUT2D eigenvalue weighted by molar-refractivity contribution is 9.10. The summed E-state index contributed by atoms with van der Waals surface area (Å²) in [5.74, 6) is -0.384. The maximum absolute atomic E-state index is 11.0. The van der Waals surface area contributed by atoms with E-state index in [0.29, 0.717) is 6.54 Å². The molecule has 0 radical (unpaired) electrons. The van der Waals surface area contributed by atoms with Crippen LogP contribution in [0.5, 0.6) is 0 Å². The Labute approximate surface area is 113 Å². The number of halogens is 1. The normalized spacial score (nSPS) is 12.8.